The summed E-state index contributed by atoms with van der Waals surface area (Å²) in [4.78, 5) is 11.1. The van der Waals surface area contributed by atoms with Crippen molar-refractivity contribution in [1.82, 2.24) is 0 Å². The van der Waals surface area contributed by atoms with Gasteiger partial charge in [-0.25, -0.2) is 0 Å². The van der Waals surface area contributed by atoms with Crippen molar-refractivity contribution in [3.8, 4) is 0 Å². The highest BCUT2D eigenvalue weighted by Crippen LogP contribution is 2.12. The molecule has 0 unspecified atom stereocenters. The summed E-state index contributed by atoms with van der Waals surface area (Å²) in [5, 5.41) is 0. The number of hydrogen-bond acceptors (Lipinski definition) is 1. The Labute approximate surface area is 120 Å². The van der Waals surface area contributed by atoms with Crippen molar-refractivity contribution < 1.29 is 4.79 Å². The van der Waals surface area contributed by atoms with E-state index >= 15 is 0 Å². The van der Waals surface area contributed by atoms with Gasteiger partial charge in [0.2, 0.25) is 0 Å². The van der Waals surface area contributed by atoms with Gasteiger partial charge in [0.15, 0.2) is 0 Å². The average Bonchev–Trinajstić information content (AvgIpc) is 2.43. The van der Waals surface area contributed by atoms with Crippen LogP contribution in [0.1, 0.15) is 97.3 Å². The van der Waals surface area contributed by atoms with Gasteiger partial charge in [0.25, 0.3) is 0 Å². The van der Waals surface area contributed by atoms with E-state index in [-0.39, 0.29) is 0 Å². The molecule has 0 heterocycles. The first kappa shape index (κ1) is 18.4. The molecule has 1 heteroatoms. The number of carbonyl (C=O) groups excluding carboxylic acids is 1. The van der Waals surface area contributed by atoms with Gasteiger partial charge in [-0.2, -0.15) is 0 Å². The lowest BCUT2D eigenvalue weighted by Crippen LogP contribution is -1.94. The van der Waals surface area contributed by atoms with Crippen LogP contribution in [0.5, 0.6) is 0 Å². The van der Waals surface area contributed by atoms with Crippen molar-refractivity contribution in [2.45, 2.75) is 97.3 Å². The number of ketones is 1. The Bertz CT molecular complexity index is 218. The Morgan fingerprint density at radius 2 is 1.26 bits per heavy atom. The van der Waals surface area contributed by atoms with Crippen molar-refractivity contribution in [3.63, 3.8) is 0 Å². The number of rotatable bonds is 14. The molecule has 0 aliphatic heterocycles. The first-order chi connectivity index (χ1) is 9.31. The van der Waals surface area contributed by atoms with Crippen LogP contribution in [0, 0.1) is 0 Å². The van der Waals surface area contributed by atoms with Crippen LogP contribution in [0.15, 0.2) is 12.2 Å². The van der Waals surface area contributed by atoms with Gasteiger partial charge in [-0.3, -0.25) is 4.79 Å². The zero-order valence-corrected chi connectivity index (χ0v) is 13.3. The van der Waals surface area contributed by atoms with Gasteiger partial charge in [0.05, 0.1) is 0 Å². The second-order valence-electron chi connectivity index (χ2n) is 5.54. The summed E-state index contributed by atoms with van der Waals surface area (Å²) < 4.78 is 0. The molecule has 0 spiro atoms. The molecule has 0 N–H and O–H groups in total. The van der Waals surface area contributed by atoms with Gasteiger partial charge in [-0.15, -0.1) is 0 Å². The normalized spacial score (nSPS) is 11.3. The van der Waals surface area contributed by atoms with E-state index < -0.39 is 0 Å². The molecule has 112 valence electrons. The van der Waals surface area contributed by atoms with Crippen LogP contribution in [-0.4, -0.2) is 5.78 Å². The Kier molecular flexibility index (Phi) is 15.0. The van der Waals surface area contributed by atoms with Crippen LogP contribution in [0.25, 0.3) is 0 Å². The quantitative estimate of drug-likeness (QED) is 0.269. The van der Waals surface area contributed by atoms with Crippen molar-refractivity contribution in [2.24, 2.45) is 0 Å². The molecular formula is C18H34O. The van der Waals surface area contributed by atoms with Crippen LogP contribution < -0.4 is 0 Å². The molecule has 0 aliphatic carbocycles. The van der Waals surface area contributed by atoms with E-state index in [0.29, 0.717) is 12.2 Å². The maximum Gasteiger partial charge on any atom is 0.132 e. The van der Waals surface area contributed by atoms with Gasteiger partial charge < -0.3 is 0 Å². The molecule has 0 bridgehead atoms. The summed E-state index contributed by atoms with van der Waals surface area (Å²) in [5.41, 5.74) is 0. The number of Topliss-reactive ketones (excluding diaryl/α,β-unsaturated/α-hetero) is 1. The number of carbonyl (C=O) groups is 1. The largest absolute Gasteiger partial charge is 0.300 e. The zero-order chi connectivity index (χ0) is 14.2. The molecule has 0 fully saturated rings. The van der Waals surface area contributed by atoms with Crippen LogP contribution in [0.4, 0.5) is 0 Å². The first-order valence-electron chi connectivity index (χ1n) is 8.44. The highest BCUT2D eigenvalue weighted by atomic mass is 16.1. The Morgan fingerprint density at radius 3 is 1.74 bits per heavy atom. The lowest BCUT2D eigenvalue weighted by atomic mass is 10.0. The summed E-state index contributed by atoms with van der Waals surface area (Å²) in [6.07, 6.45) is 20.6. The summed E-state index contributed by atoms with van der Waals surface area (Å²) in [5.74, 6) is 0.429. The van der Waals surface area contributed by atoms with Gasteiger partial charge in [0.1, 0.15) is 5.78 Å². The molecule has 0 aliphatic rings. The fourth-order valence-electron chi connectivity index (χ4n) is 2.34. The second-order valence-corrected chi connectivity index (χ2v) is 5.54. The average molecular weight is 266 g/mol. The molecule has 1 nitrogen and oxygen atoms in total. The van der Waals surface area contributed by atoms with Crippen LogP contribution in [0.3, 0.4) is 0 Å². The SMILES string of the molecule is CC=CCCCCCCCCCCCCC(=O)CC. The third-order valence-corrected chi connectivity index (χ3v) is 3.71. The first-order valence-corrected chi connectivity index (χ1v) is 8.44. The van der Waals surface area contributed by atoms with E-state index in [1.54, 1.807) is 0 Å². The highest BCUT2D eigenvalue weighted by molar-refractivity contribution is 5.77. The van der Waals surface area contributed by atoms with E-state index in [1.807, 2.05) is 6.92 Å². The molecule has 0 saturated carbocycles. The molecule has 19 heavy (non-hydrogen) atoms. The van der Waals surface area contributed by atoms with Gasteiger partial charge in [-0.05, 0) is 26.2 Å². The molecule has 0 aromatic heterocycles. The standard InChI is InChI=1S/C18H34O/c1-3-5-6-7-8-9-10-11-12-13-14-15-16-17-18(19)4-2/h3,5H,4,6-17H2,1-2H3. The number of allylic oxidation sites excluding steroid dienone is 2. The summed E-state index contributed by atoms with van der Waals surface area (Å²) >= 11 is 0. The minimum Gasteiger partial charge on any atom is -0.300 e. The van der Waals surface area contributed by atoms with E-state index in [1.165, 1.54) is 64.2 Å². The van der Waals surface area contributed by atoms with Crippen molar-refractivity contribution in [1.29, 1.82) is 0 Å². The maximum absolute atomic E-state index is 11.1. The lowest BCUT2D eigenvalue weighted by Gasteiger charge is -2.02. The minimum absolute atomic E-state index is 0.429. The minimum atomic E-state index is 0.429. The Balaban J connectivity index is 3.01. The maximum atomic E-state index is 11.1. The fraction of sp³-hybridized carbons (Fsp3) is 0.833. The van der Waals surface area contributed by atoms with Crippen molar-refractivity contribution >= 4 is 5.78 Å². The molecule has 0 rings (SSSR count). The smallest absolute Gasteiger partial charge is 0.132 e. The predicted molar refractivity (Wildman–Crippen MR) is 85.5 cm³/mol. The van der Waals surface area contributed by atoms with E-state index in [0.717, 1.165) is 12.8 Å². The highest BCUT2D eigenvalue weighted by Gasteiger charge is 1.97. The topological polar surface area (TPSA) is 17.1 Å². The summed E-state index contributed by atoms with van der Waals surface area (Å²) in [6.45, 7) is 4.05. The van der Waals surface area contributed by atoms with Crippen LogP contribution in [-0.2, 0) is 4.79 Å². The van der Waals surface area contributed by atoms with E-state index in [9.17, 15) is 4.79 Å². The summed E-state index contributed by atoms with van der Waals surface area (Å²) in [7, 11) is 0. The van der Waals surface area contributed by atoms with E-state index in [4.69, 9.17) is 0 Å². The van der Waals surface area contributed by atoms with Gasteiger partial charge in [-0.1, -0.05) is 70.4 Å². The molecule has 0 radical (unpaired) electrons. The monoisotopic (exact) mass is 266 g/mol. The lowest BCUT2D eigenvalue weighted by molar-refractivity contribution is -0.118. The zero-order valence-electron chi connectivity index (χ0n) is 13.3. The van der Waals surface area contributed by atoms with Crippen LogP contribution in [0.2, 0.25) is 0 Å². The number of hydrogen-bond donors (Lipinski definition) is 0. The Morgan fingerprint density at radius 1 is 0.789 bits per heavy atom. The Hall–Kier alpha value is -0.590. The molecule has 0 saturated heterocycles. The molecule has 0 aromatic rings. The van der Waals surface area contributed by atoms with E-state index in [2.05, 4.69) is 19.1 Å². The third-order valence-electron chi connectivity index (χ3n) is 3.71. The molecule has 0 aromatic carbocycles. The van der Waals surface area contributed by atoms with Crippen molar-refractivity contribution in [3.05, 3.63) is 12.2 Å². The van der Waals surface area contributed by atoms with Gasteiger partial charge >= 0.3 is 0 Å². The molecular weight excluding hydrogens is 232 g/mol. The molecule has 0 amide bonds. The number of unbranched alkanes of at least 4 members (excludes halogenated alkanes) is 10. The van der Waals surface area contributed by atoms with Crippen molar-refractivity contribution in [2.75, 3.05) is 0 Å². The predicted octanol–water partition coefficient (Wildman–Crippen LogP) is 6.22. The summed E-state index contributed by atoms with van der Waals surface area (Å²) in [6, 6.07) is 0. The molecule has 0 atom stereocenters. The third kappa shape index (κ3) is 15.4. The van der Waals surface area contributed by atoms with Gasteiger partial charge in [0, 0.05) is 12.8 Å². The fourth-order valence-corrected chi connectivity index (χ4v) is 2.34. The second kappa shape index (κ2) is 15.5. The van der Waals surface area contributed by atoms with Crippen LogP contribution >= 0.6 is 0 Å².